The van der Waals surface area contributed by atoms with E-state index in [0.717, 1.165) is 23.2 Å². The highest BCUT2D eigenvalue weighted by atomic mass is 32.2. The van der Waals surface area contributed by atoms with Gasteiger partial charge in [-0.05, 0) is 84.0 Å². The van der Waals surface area contributed by atoms with Gasteiger partial charge in [0.1, 0.15) is 13.2 Å². The molecule has 3 aliphatic rings. The van der Waals surface area contributed by atoms with Crippen LogP contribution in [0.2, 0.25) is 0 Å². The smallest absolute Gasteiger partial charge is 0.288 e. The third kappa shape index (κ3) is 13.2. The molecule has 0 radical (unpaired) electrons. The van der Waals surface area contributed by atoms with Crippen LogP contribution >= 0.6 is 12.6 Å². The maximum absolute atomic E-state index is 14.3. The first-order valence-electron chi connectivity index (χ1n) is 24.6. The number of rotatable bonds is 21. The minimum atomic E-state index is -4.78. The Morgan fingerprint density at radius 1 is 0.753 bits per heavy atom. The van der Waals surface area contributed by atoms with Crippen LogP contribution in [0.1, 0.15) is 69.7 Å². The second-order valence-corrected chi connectivity index (χ2v) is 21.9. The Kier molecular flexibility index (Phi) is 16.8. The molecule has 1 unspecified atom stereocenters. The molecular weight excluding hydrogens is 1030 g/mol. The van der Waals surface area contributed by atoms with E-state index < -0.39 is 58.3 Å². The number of benzene rings is 5. The first-order valence-corrected chi connectivity index (χ1v) is 26.5. The molecule has 0 aromatic heterocycles. The van der Waals surface area contributed by atoms with Gasteiger partial charge in [0.25, 0.3) is 21.9 Å². The molecule has 3 aliphatic heterocycles. The molecule has 406 valence electrons. The predicted octanol–water partition coefficient (Wildman–Crippen LogP) is 5.09. The summed E-state index contributed by atoms with van der Waals surface area (Å²) in [6.45, 7) is 2.69. The Morgan fingerprint density at radius 3 is 1.96 bits per heavy atom. The van der Waals surface area contributed by atoms with Gasteiger partial charge in [-0.1, -0.05) is 50.2 Å². The van der Waals surface area contributed by atoms with Gasteiger partial charge in [0.2, 0.25) is 23.6 Å². The molecule has 7 N–H and O–H groups in total. The number of carbonyl (C=O) groups excluding carboxylic acids is 6. The van der Waals surface area contributed by atoms with Gasteiger partial charge in [-0.25, -0.2) is 0 Å². The number of ether oxygens (including phenoxy) is 4. The van der Waals surface area contributed by atoms with Gasteiger partial charge in [0, 0.05) is 54.0 Å². The highest BCUT2D eigenvalue weighted by Gasteiger charge is 2.47. The Morgan fingerprint density at radius 2 is 1.34 bits per heavy atom. The molecule has 0 bridgehead atoms. The molecule has 0 aliphatic carbocycles. The van der Waals surface area contributed by atoms with E-state index in [-0.39, 0.29) is 83.3 Å². The summed E-state index contributed by atoms with van der Waals surface area (Å²) in [6, 6.07) is 24.9. The van der Waals surface area contributed by atoms with Crippen LogP contribution in [-0.2, 0) is 55.4 Å². The maximum atomic E-state index is 14.3. The lowest BCUT2D eigenvalue weighted by molar-refractivity contribution is -0.128. The standard InChI is InChI=1S/C54H60N8O13S2/c1-54(2,76)16-14-47(63)56-26-48(64)57-27-49(65)58-28-50(66)59-35-19-31(29-74-45-24-38(55-3)36(22-43(45)72-4)52(67)61-17-15-33-10-6-8-12-40(33)61)18-32(20-35)30-75-46-25-39-37(23-44(46)73-5)53(68)62-41-13-9-7-11-34(41)21-42(62)51(60-39)77(69,70)71/h6-13,18-20,22-25,42,51,55,60,76H,14-17,21,26-30H2,1-5H3,(H,56,63)(H,57,64)(H,58,65)(H,59,66)(H,69,70,71)/t42-,51?/m0/s1. The summed E-state index contributed by atoms with van der Waals surface area (Å²) in [5.74, 6) is -2.17. The number of para-hydroxylation sites is 2. The van der Waals surface area contributed by atoms with E-state index in [4.69, 9.17) is 18.9 Å². The molecular formula is C54H60N8O13S2. The van der Waals surface area contributed by atoms with Gasteiger partial charge in [0.15, 0.2) is 28.4 Å². The van der Waals surface area contributed by atoms with Gasteiger partial charge < -0.3 is 60.6 Å². The monoisotopic (exact) mass is 1090 g/mol. The normalized spacial score (nSPS) is 15.3. The van der Waals surface area contributed by atoms with Crippen LogP contribution in [-0.4, -0.2) is 112 Å². The van der Waals surface area contributed by atoms with Crippen LogP contribution in [0.3, 0.4) is 0 Å². The van der Waals surface area contributed by atoms with Gasteiger partial charge in [-0.15, -0.1) is 0 Å². The van der Waals surface area contributed by atoms with E-state index in [0.29, 0.717) is 46.8 Å². The van der Waals surface area contributed by atoms with Gasteiger partial charge in [-0.3, -0.25) is 33.3 Å². The lowest BCUT2D eigenvalue weighted by atomic mass is 10.1. The van der Waals surface area contributed by atoms with E-state index in [1.165, 1.54) is 31.3 Å². The van der Waals surface area contributed by atoms with Crippen molar-refractivity contribution < 1.29 is 60.7 Å². The number of thiol groups is 1. The number of nitrogens with one attached hydrogen (secondary N) is 6. The molecule has 23 heteroatoms. The molecule has 0 fully saturated rings. The summed E-state index contributed by atoms with van der Waals surface area (Å²) in [6.07, 6.45) is 1.56. The molecule has 5 aromatic rings. The first kappa shape index (κ1) is 55.2. The molecule has 77 heavy (non-hydrogen) atoms. The Balaban J connectivity index is 1.01. The zero-order chi connectivity index (χ0) is 55.2. The van der Waals surface area contributed by atoms with Crippen LogP contribution in [0.25, 0.3) is 0 Å². The maximum Gasteiger partial charge on any atom is 0.288 e. The van der Waals surface area contributed by atoms with Gasteiger partial charge in [-0.2, -0.15) is 21.0 Å². The minimum absolute atomic E-state index is 0.0701. The summed E-state index contributed by atoms with van der Waals surface area (Å²) >= 11 is 4.40. The number of fused-ring (bicyclic) bond motifs is 5. The summed E-state index contributed by atoms with van der Waals surface area (Å²) in [4.78, 5) is 81.9. The number of methoxy groups -OCH3 is 2. The number of nitrogens with zero attached hydrogens (tertiary/aromatic N) is 2. The summed E-state index contributed by atoms with van der Waals surface area (Å²) < 4.78 is 60.1. The first-order chi connectivity index (χ1) is 36.7. The number of carbonyl (C=O) groups is 6. The molecule has 8 rings (SSSR count). The fraction of sp³-hybridized carbons (Fsp3) is 0.333. The molecule has 6 amide bonds. The van der Waals surface area contributed by atoms with Crippen molar-refractivity contribution in [2.24, 2.45) is 0 Å². The van der Waals surface area contributed by atoms with Crippen molar-refractivity contribution in [2.45, 2.75) is 68.9 Å². The third-order valence-electron chi connectivity index (χ3n) is 13.1. The van der Waals surface area contributed by atoms with E-state index in [1.54, 1.807) is 66.5 Å². The Hall–Kier alpha value is -8.02. The fourth-order valence-corrected chi connectivity index (χ4v) is 10.3. The van der Waals surface area contributed by atoms with E-state index in [1.807, 2.05) is 38.1 Å². The fourth-order valence-electron chi connectivity index (χ4n) is 9.31. The SMILES string of the molecule is CNc1cc(OCc2cc(COc3cc4c(cc3OC)C(=O)N3c5ccccc5C[C@H]3C(S(=O)(=O)O)N4)cc(NC(=O)CNC(=O)CNC(=O)CNC(=O)CCC(C)(C)S)c2)c(OC)cc1C(=O)N1CCc2ccccc21. The number of amides is 6. The van der Waals surface area contributed by atoms with Crippen molar-refractivity contribution in [3.63, 3.8) is 0 Å². The second-order valence-electron chi connectivity index (χ2n) is 19.1. The molecule has 3 heterocycles. The van der Waals surface area contributed by atoms with Gasteiger partial charge in [0.05, 0.1) is 62.4 Å². The summed E-state index contributed by atoms with van der Waals surface area (Å²) in [5.41, 5.74) is 5.44. The third-order valence-corrected chi connectivity index (χ3v) is 14.4. The number of hydrogen-bond acceptors (Lipinski definition) is 15. The number of hydrogen-bond donors (Lipinski definition) is 8. The lowest BCUT2D eigenvalue weighted by Crippen LogP contribution is -2.49. The van der Waals surface area contributed by atoms with Crippen LogP contribution < -0.4 is 60.6 Å². The summed E-state index contributed by atoms with van der Waals surface area (Å²) in [5, 5.41) is 14.5. The molecule has 0 saturated carbocycles. The van der Waals surface area contributed by atoms with Crippen molar-refractivity contribution in [3.05, 3.63) is 124 Å². The topological polar surface area (TPSA) is 272 Å². The average Bonchev–Trinajstić information content (AvgIpc) is 4.18. The minimum Gasteiger partial charge on any atom is -0.493 e. The molecule has 0 spiro atoms. The van der Waals surface area contributed by atoms with Crippen LogP contribution in [0.5, 0.6) is 23.0 Å². The highest BCUT2D eigenvalue weighted by Crippen LogP contribution is 2.43. The number of anilines is 5. The Bertz CT molecular complexity index is 3240. The molecule has 0 saturated heterocycles. The van der Waals surface area contributed by atoms with Crippen molar-refractivity contribution in [2.75, 3.05) is 73.2 Å². The van der Waals surface area contributed by atoms with E-state index >= 15 is 0 Å². The van der Waals surface area contributed by atoms with Gasteiger partial charge >= 0.3 is 0 Å². The Labute approximate surface area is 450 Å². The molecule has 2 atom stereocenters. The predicted molar refractivity (Wildman–Crippen MR) is 292 cm³/mol. The molecule has 5 aromatic carbocycles. The van der Waals surface area contributed by atoms with Crippen LogP contribution in [0, 0.1) is 0 Å². The van der Waals surface area contributed by atoms with E-state index in [9.17, 15) is 41.7 Å². The molecule has 21 nitrogen and oxygen atoms in total. The van der Waals surface area contributed by atoms with Crippen molar-refractivity contribution in [1.29, 1.82) is 0 Å². The van der Waals surface area contributed by atoms with Crippen LogP contribution in [0.4, 0.5) is 28.4 Å². The zero-order valence-corrected chi connectivity index (χ0v) is 44.7. The lowest BCUT2D eigenvalue weighted by Gasteiger charge is -2.27. The van der Waals surface area contributed by atoms with Crippen molar-refractivity contribution in [1.82, 2.24) is 16.0 Å². The zero-order valence-electron chi connectivity index (χ0n) is 43.0. The van der Waals surface area contributed by atoms with Crippen molar-refractivity contribution >= 4 is 86.6 Å². The largest absolute Gasteiger partial charge is 0.493 e. The van der Waals surface area contributed by atoms with Crippen molar-refractivity contribution in [3.8, 4) is 23.0 Å². The highest BCUT2D eigenvalue weighted by molar-refractivity contribution is 7.86. The summed E-state index contributed by atoms with van der Waals surface area (Å²) in [7, 11) is -0.248. The average molecular weight is 1090 g/mol. The second kappa shape index (κ2) is 23.5. The van der Waals surface area contributed by atoms with Crippen LogP contribution in [0.15, 0.2) is 91.0 Å². The van der Waals surface area contributed by atoms with E-state index in [2.05, 4.69) is 44.5 Å². The quantitative estimate of drug-likeness (QED) is 0.0351.